The first kappa shape index (κ1) is 12.9. The molecule has 0 aromatic heterocycles. The summed E-state index contributed by atoms with van der Waals surface area (Å²) in [5.41, 5.74) is 5.82. The van der Waals surface area contributed by atoms with E-state index in [9.17, 15) is 8.42 Å². The molecule has 0 radical (unpaired) electrons. The van der Waals surface area contributed by atoms with Gasteiger partial charge in [-0.05, 0) is 32.2 Å². The van der Waals surface area contributed by atoms with Crippen LogP contribution in [0.5, 0.6) is 0 Å². The Hall–Kier alpha value is -0.170. The summed E-state index contributed by atoms with van der Waals surface area (Å²) < 4.78 is 29.4. The van der Waals surface area contributed by atoms with Gasteiger partial charge in [0.2, 0.25) is 0 Å². The third-order valence-corrected chi connectivity index (χ3v) is 3.53. The van der Waals surface area contributed by atoms with Crippen LogP contribution in [-0.4, -0.2) is 37.4 Å². The molecule has 2 unspecified atom stereocenters. The normalized spacial score (nSPS) is 27.9. The van der Waals surface area contributed by atoms with E-state index in [-0.39, 0.29) is 11.8 Å². The molecule has 0 bridgehead atoms. The van der Waals surface area contributed by atoms with E-state index in [0.29, 0.717) is 19.0 Å². The third kappa shape index (κ3) is 6.09. The zero-order valence-corrected chi connectivity index (χ0v) is 9.67. The minimum atomic E-state index is -3.80. The van der Waals surface area contributed by atoms with Crippen LogP contribution in [0.3, 0.4) is 0 Å². The molecule has 15 heavy (non-hydrogen) atoms. The van der Waals surface area contributed by atoms with E-state index in [2.05, 4.69) is 5.32 Å². The lowest BCUT2D eigenvalue weighted by atomic mass is 9.92. The molecule has 2 atom stereocenters. The fourth-order valence-corrected chi connectivity index (χ4v) is 2.48. The Balaban J connectivity index is 2.09. The fraction of sp³-hybridized carbons (Fsp3) is 1.00. The molecule has 0 saturated heterocycles. The molecule has 0 heterocycles. The molecule has 90 valence electrons. The van der Waals surface area contributed by atoms with E-state index in [1.807, 2.05) is 0 Å². The molecule has 0 spiro atoms. The average Bonchev–Trinajstić information content (AvgIpc) is 2.11. The van der Waals surface area contributed by atoms with Gasteiger partial charge >= 0.3 is 0 Å². The van der Waals surface area contributed by atoms with Gasteiger partial charge in [0.25, 0.3) is 10.1 Å². The van der Waals surface area contributed by atoms with Crippen LogP contribution in [0.1, 0.15) is 32.1 Å². The molecule has 0 aliphatic heterocycles. The molecule has 1 saturated carbocycles. The van der Waals surface area contributed by atoms with E-state index < -0.39 is 10.1 Å². The summed E-state index contributed by atoms with van der Waals surface area (Å²) in [5.74, 6) is -0.168. The van der Waals surface area contributed by atoms with Crippen molar-refractivity contribution in [1.82, 2.24) is 5.32 Å². The summed E-state index contributed by atoms with van der Waals surface area (Å²) in [6.45, 7) is 0.622. The second-order valence-electron chi connectivity index (χ2n) is 4.22. The molecule has 4 N–H and O–H groups in total. The first-order valence-corrected chi connectivity index (χ1v) is 7.02. The molecule has 1 aliphatic rings. The lowest BCUT2D eigenvalue weighted by Crippen LogP contribution is -2.40. The SMILES string of the molecule is NC1CCCC(NCCCS(=O)(=O)O)C1. The van der Waals surface area contributed by atoms with Gasteiger partial charge in [-0.2, -0.15) is 8.42 Å². The van der Waals surface area contributed by atoms with Crippen LogP contribution in [-0.2, 0) is 10.1 Å². The van der Waals surface area contributed by atoms with E-state index in [1.165, 1.54) is 0 Å². The van der Waals surface area contributed by atoms with Crippen LogP contribution in [0.4, 0.5) is 0 Å². The highest BCUT2D eigenvalue weighted by Gasteiger charge is 2.18. The topological polar surface area (TPSA) is 92.4 Å². The number of nitrogens with two attached hydrogens (primary N) is 1. The van der Waals surface area contributed by atoms with Gasteiger partial charge in [-0.15, -0.1) is 0 Å². The van der Waals surface area contributed by atoms with Gasteiger partial charge in [0.05, 0.1) is 5.75 Å². The molecular weight excluding hydrogens is 216 g/mol. The predicted octanol–water partition coefficient (Wildman–Crippen LogP) is 0.124. The third-order valence-electron chi connectivity index (χ3n) is 2.73. The maximum absolute atomic E-state index is 10.4. The van der Waals surface area contributed by atoms with Crippen molar-refractivity contribution in [3.05, 3.63) is 0 Å². The van der Waals surface area contributed by atoms with Gasteiger partial charge in [0, 0.05) is 12.1 Å². The summed E-state index contributed by atoms with van der Waals surface area (Å²) in [7, 11) is -3.80. The molecule has 1 aliphatic carbocycles. The number of nitrogens with one attached hydrogen (secondary N) is 1. The van der Waals surface area contributed by atoms with Crippen LogP contribution in [0, 0.1) is 0 Å². The Morgan fingerprint density at radius 3 is 2.73 bits per heavy atom. The number of hydrogen-bond acceptors (Lipinski definition) is 4. The van der Waals surface area contributed by atoms with Crippen molar-refractivity contribution in [2.75, 3.05) is 12.3 Å². The van der Waals surface area contributed by atoms with Crippen molar-refractivity contribution in [3.63, 3.8) is 0 Å². The molecule has 1 fully saturated rings. The Kier molecular flexibility index (Phi) is 4.98. The average molecular weight is 236 g/mol. The highest BCUT2D eigenvalue weighted by atomic mass is 32.2. The predicted molar refractivity (Wildman–Crippen MR) is 59.3 cm³/mol. The minimum absolute atomic E-state index is 0.168. The monoisotopic (exact) mass is 236 g/mol. The van der Waals surface area contributed by atoms with Crippen LogP contribution < -0.4 is 11.1 Å². The molecule has 1 rings (SSSR count). The number of hydrogen-bond donors (Lipinski definition) is 3. The van der Waals surface area contributed by atoms with Gasteiger partial charge < -0.3 is 11.1 Å². The quantitative estimate of drug-likeness (QED) is 0.466. The largest absolute Gasteiger partial charge is 0.328 e. The van der Waals surface area contributed by atoms with Crippen molar-refractivity contribution in [1.29, 1.82) is 0 Å². The highest BCUT2D eigenvalue weighted by Crippen LogP contribution is 2.16. The van der Waals surface area contributed by atoms with Crippen molar-refractivity contribution >= 4 is 10.1 Å². The maximum Gasteiger partial charge on any atom is 0.264 e. The molecule has 0 amide bonds. The van der Waals surface area contributed by atoms with Crippen molar-refractivity contribution in [3.8, 4) is 0 Å². The molecule has 0 aromatic carbocycles. The Bertz CT molecular complexity index is 279. The van der Waals surface area contributed by atoms with Crippen LogP contribution in [0.2, 0.25) is 0 Å². The lowest BCUT2D eigenvalue weighted by Gasteiger charge is -2.27. The molecule has 6 heteroatoms. The zero-order valence-electron chi connectivity index (χ0n) is 8.85. The van der Waals surface area contributed by atoms with Gasteiger partial charge in [0.15, 0.2) is 0 Å². The molecular formula is C9H20N2O3S. The molecule has 5 nitrogen and oxygen atoms in total. The highest BCUT2D eigenvalue weighted by molar-refractivity contribution is 7.85. The van der Waals surface area contributed by atoms with E-state index in [0.717, 1.165) is 25.7 Å². The Labute approximate surface area is 91.2 Å². The summed E-state index contributed by atoms with van der Waals surface area (Å²) in [6, 6.07) is 0.688. The van der Waals surface area contributed by atoms with E-state index >= 15 is 0 Å². The van der Waals surface area contributed by atoms with E-state index in [4.69, 9.17) is 10.3 Å². The van der Waals surface area contributed by atoms with E-state index in [1.54, 1.807) is 0 Å². The maximum atomic E-state index is 10.4. The van der Waals surface area contributed by atoms with Gasteiger partial charge in [-0.1, -0.05) is 6.42 Å². The van der Waals surface area contributed by atoms with Crippen molar-refractivity contribution < 1.29 is 13.0 Å². The Morgan fingerprint density at radius 1 is 1.40 bits per heavy atom. The van der Waals surface area contributed by atoms with Gasteiger partial charge in [0.1, 0.15) is 0 Å². The fourth-order valence-electron chi connectivity index (χ4n) is 1.97. The van der Waals surface area contributed by atoms with Crippen LogP contribution in [0.15, 0.2) is 0 Å². The van der Waals surface area contributed by atoms with Crippen LogP contribution >= 0.6 is 0 Å². The summed E-state index contributed by atoms with van der Waals surface area (Å²) >= 11 is 0. The van der Waals surface area contributed by atoms with Gasteiger partial charge in [-0.3, -0.25) is 4.55 Å². The Morgan fingerprint density at radius 2 is 2.13 bits per heavy atom. The zero-order chi connectivity index (χ0) is 11.3. The van der Waals surface area contributed by atoms with Crippen molar-refractivity contribution in [2.24, 2.45) is 5.73 Å². The standard InChI is InChI=1S/C9H20N2O3S/c10-8-3-1-4-9(7-8)11-5-2-6-15(12,13)14/h8-9,11H,1-7,10H2,(H,12,13,14). The van der Waals surface area contributed by atoms with Crippen LogP contribution in [0.25, 0.3) is 0 Å². The lowest BCUT2D eigenvalue weighted by molar-refractivity contribution is 0.340. The second kappa shape index (κ2) is 5.79. The summed E-state index contributed by atoms with van der Waals surface area (Å²) in [4.78, 5) is 0. The summed E-state index contributed by atoms with van der Waals surface area (Å²) in [6.07, 6.45) is 4.75. The summed E-state index contributed by atoms with van der Waals surface area (Å²) in [5, 5.41) is 3.27. The minimum Gasteiger partial charge on any atom is -0.328 e. The number of rotatable bonds is 5. The smallest absolute Gasteiger partial charge is 0.264 e. The van der Waals surface area contributed by atoms with Crippen molar-refractivity contribution in [2.45, 2.75) is 44.2 Å². The second-order valence-corrected chi connectivity index (χ2v) is 5.79. The van der Waals surface area contributed by atoms with Gasteiger partial charge in [-0.25, -0.2) is 0 Å². The first-order chi connectivity index (χ1) is 6.97. The first-order valence-electron chi connectivity index (χ1n) is 5.41. The molecule has 0 aromatic rings.